The fourth-order valence-electron chi connectivity index (χ4n) is 3.98. The zero-order valence-corrected chi connectivity index (χ0v) is 21.8. The predicted octanol–water partition coefficient (Wildman–Crippen LogP) is 6.73. The number of carbonyl (C=O) groups is 1. The smallest absolute Gasteiger partial charge is 0.305 e. The van der Waals surface area contributed by atoms with E-state index in [2.05, 4.69) is 37.3 Å². The summed E-state index contributed by atoms with van der Waals surface area (Å²) in [4.78, 5) is 11.5. The van der Waals surface area contributed by atoms with Gasteiger partial charge in [-0.3, -0.25) is 4.79 Å². The third-order valence-electron chi connectivity index (χ3n) is 6.11. The minimum absolute atomic E-state index is 0.195. The Kier molecular flexibility index (Phi) is 11.2. The number of hydrogen-bond acceptors (Lipinski definition) is 5. The van der Waals surface area contributed by atoms with Gasteiger partial charge in [0.05, 0.1) is 20.8 Å². The number of hydrogen-bond donors (Lipinski definition) is 0. The molecule has 0 heterocycles. The van der Waals surface area contributed by atoms with Crippen LogP contribution in [-0.4, -0.2) is 26.8 Å². The van der Waals surface area contributed by atoms with E-state index in [1.54, 1.807) is 7.11 Å². The van der Waals surface area contributed by atoms with Crippen LogP contribution in [0.5, 0.6) is 17.2 Å². The number of carbonyl (C=O) groups excluding carboxylic acids is 1. The molecule has 5 nitrogen and oxygen atoms in total. The van der Waals surface area contributed by atoms with Crippen LogP contribution < -0.4 is 14.2 Å². The number of ether oxygens (including phenoxy) is 4. The molecule has 0 atom stereocenters. The van der Waals surface area contributed by atoms with Crippen molar-refractivity contribution in [2.45, 2.75) is 58.5 Å². The molecule has 192 valence electrons. The normalized spacial score (nSPS) is 10.6. The van der Waals surface area contributed by atoms with Crippen molar-refractivity contribution >= 4 is 5.97 Å². The maximum atomic E-state index is 11.5. The van der Waals surface area contributed by atoms with E-state index >= 15 is 0 Å². The lowest BCUT2D eigenvalue weighted by molar-refractivity contribution is -0.140. The Bertz CT molecular complexity index is 1080. The summed E-state index contributed by atoms with van der Waals surface area (Å²) in [5.41, 5.74) is 4.62. The lowest BCUT2D eigenvalue weighted by atomic mass is 10.0. The highest BCUT2D eigenvalue weighted by Gasteiger charge is 2.10. The van der Waals surface area contributed by atoms with Crippen molar-refractivity contribution in [3.8, 4) is 17.2 Å². The summed E-state index contributed by atoms with van der Waals surface area (Å²) < 4.78 is 22.5. The Balaban J connectivity index is 1.59. The third kappa shape index (κ3) is 8.63. The molecule has 0 bridgehead atoms. The first-order valence-corrected chi connectivity index (χ1v) is 12.8. The maximum absolute atomic E-state index is 11.5. The summed E-state index contributed by atoms with van der Waals surface area (Å²) in [5.74, 6) is 2.23. The summed E-state index contributed by atoms with van der Waals surface area (Å²) >= 11 is 0. The van der Waals surface area contributed by atoms with Crippen molar-refractivity contribution in [3.05, 3.63) is 89.0 Å². The molecule has 5 heteroatoms. The molecule has 0 N–H and O–H groups in total. The highest BCUT2D eigenvalue weighted by molar-refractivity contribution is 5.69. The average Bonchev–Trinajstić information content (AvgIpc) is 2.92. The van der Waals surface area contributed by atoms with Gasteiger partial charge in [0, 0.05) is 6.42 Å². The molecule has 0 aliphatic carbocycles. The second-order valence-corrected chi connectivity index (χ2v) is 8.83. The van der Waals surface area contributed by atoms with Gasteiger partial charge in [0.2, 0.25) is 0 Å². The van der Waals surface area contributed by atoms with Gasteiger partial charge in [-0.2, -0.15) is 0 Å². The van der Waals surface area contributed by atoms with Crippen LogP contribution in [0.15, 0.2) is 66.7 Å². The van der Waals surface area contributed by atoms with Crippen molar-refractivity contribution in [2.75, 3.05) is 20.8 Å². The molecule has 0 aromatic heterocycles. The van der Waals surface area contributed by atoms with E-state index in [4.69, 9.17) is 18.9 Å². The molecule has 0 fully saturated rings. The van der Waals surface area contributed by atoms with Crippen molar-refractivity contribution in [2.24, 2.45) is 0 Å². The molecule has 3 rings (SSSR count). The Morgan fingerprint density at radius 1 is 0.722 bits per heavy atom. The molecule has 0 spiro atoms. The number of aryl methyl sites for hydroxylation is 3. The summed E-state index contributed by atoms with van der Waals surface area (Å²) in [7, 11) is 3.10. The maximum Gasteiger partial charge on any atom is 0.305 e. The molecule has 0 aliphatic heterocycles. The van der Waals surface area contributed by atoms with E-state index in [1.807, 2.05) is 36.4 Å². The monoisotopic (exact) mass is 490 g/mol. The molecule has 0 saturated carbocycles. The second-order valence-electron chi connectivity index (χ2n) is 8.83. The molecular formula is C31H38O5. The molecular weight excluding hydrogens is 452 g/mol. The van der Waals surface area contributed by atoms with Gasteiger partial charge in [0.1, 0.15) is 12.4 Å². The second kappa shape index (κ2) is 14.8. The summed E-state index contributed by atoms with van der Waals surface area (Å²) in [6.07, 6.45) is 5.95. The van der Waals surface area contributed by atoms with E-state index in [0.717, 1.165) is 60.5 Å². The van der Waals surface area contributed by atoms with Crippen LogP contribution in [-0.2, 0) is 35.4 Å². The highest BCUT2D eigenvalue weighted by atomic mass is 16.5. The van der Waals surface area contributed by atoms with E-state index in [-0.39, 0.29) is 5.97 Å². The number of rotatable bonds is 15. The molecule has 0 amide bonds. The first-order valence-electron chi connectivity index (χ1n) is 12.8. The summed E-state index contributed by atoms with van der Waals surface area (Å²) in [5, 5.41) is 0. The van der Waals surface area contributed by atoms with Crippen molar-refractivity contribution in [1.82, 2.24) is 0 Å². The molecule has 3 aromatic carbocycles. The average molecular weight is 491 g/mol. The van der Waals surface area contributed by atoms with Crippen LogP contribution in [0.1, 0.15) is 54.9 Å². The Morgan fingerprint density at radius 2 is 1.47 bits per heavy atom. The van der Waals surface area contributed by atoms with E-state index in [1.165, 1.54) is 18.2 Å². The first-order chi connectivity index (χ1) is 17.6. The van der Waals surface area contributed by atoms with Crippen LogP contribution >= 0.6 is 0 Å². The Morgan fingerprint density at radius 3 is 2.22 bits per heavy atom. The lowest BCUT2D eigenvalue weighted by Crippen LogP contribution is -2.04. The van der Waals surface area contributed by atoms with Gasteiger partial charge >= 0.3 is 5.97 Å². The SMILES string of the molecule is CCCCOc1cc(CCC(=O)OC)ccc1CCCc1ccc(OCc2ccccc2)c(OC)c1. The number of methoxy groups -OCH3 is 2. The molecule has 0 saturated heterocycles. The van der Waals surface area contributed by atoms with Crippen molar-refractivity contribution in [3.63, 3.8) is 0 Å². The fraction of sp³-hybridized carbons (Fsp3) is 0.387. The quantitative estimate of drug-likeness (QED) is 0.175. The van der Waals surface area contributed by atoms with Crippen LogP contribution in [0.2, 0.25) is 0 Å². The molecule has 0 unspecified atom stereocenters. The van der Waals surface area contributed by atoms with Crippen LogP contribution in [0, 0.1) is 0 Å². The predicted molar refractivity (Wildman–Crippen MR) is 143 cm³/mol. The van der Waals surface area contributed by atoms with Crippen LogP contribution in [0.4, 0.5) is 0 Å². The van der Waals surface area contributed by atoms with Crippen LogP contribution in [0.25, 0.3) is 0 Å². The molecule has 0 radical (unpaired) electrons. The van der Waals surface area contributed by atoms with E-state index in [0.29, 0.717) is 26.1 Å². The number of esters is 1. The minimum Gasteiger partial charge on any atom is -0.493 e. The Labute approximate surface area is 215 Å². The summed E-state index contributed by atoms with van der Waals surface area (Å²) in [6.45, 7) is 3.36. The summed E-state index contributed by atoms with van der Waals surface area (Å²) in [6, 6.07) is 22.6. The van der Waals surface area contributed by atoms with E-state index in [9.17, 15) is 4.79 Å². The van der Waals surface area contributed by atoms with Gasteiger partial charge in [-0.25, -0.2) is 0 Å². The van der Waals surface area contributed by atoms with Crippen molar-refractivity contribution in [1.29, 1.82) is 0 Å². The zero-order chi connectivity index (χ0) is 25.6. The fourth-order valence-corrected chi connectivity index (χ4v) is 3.98. The lowest BCUT2D eigenvalue weighted by Gasteiger charge is -2.14. The first kappa shape index (κ1) is 27.1. The van der Waals surface area contributed by atoms with Gasteiger partial charge in [0.25, 0.3) is 0 Å². The standard InChI is InChI=1S/C31H38O5/c1-4-5-20-35-29-21-25(16-19-31(32)34-3)14-17-27(29)13-9-12-24-15-18-28(30(22-24)33-2)36-23-26-10-7-6-8-11-26/h6-8,10-11,14-15,17-18,21-22H,4-5,9,12-13,16,19-20,23H2,1-3H3. The molecule has 3 aromatic rings. The number of benzene rings is 3. The topological polar surface area (TPSA) is 54.0 Å². The van der Waals surface area contributed by atoms with E-state index < -0.39 is 0 Å². The highest BCUT2D eigenvalue weighted by Crippen LogP contribution is 2.30. The van der Waals surface area contributed by atoms with Gasteiger partial charge in [-0.15, -0.1) is 0 Å². The molecule has 0 aliphatic rings. The Hall–Kier alpha value is -3.47. The van der Waals surface area contributed by atoms with Gasteiger partial charge < -0.3 is 18.9 Å². The van der Waals surface area contributed by atoms with Gasteiger partial charge in [-0.1, -0.05) is 61.9 Å². The van der Waals surface area contributed by atoms with Crippen molar-refractivity contribution < 1.29 is 23.7 Å². The van der Waals surface area contributed by atoms with Crippen LogP contribution in [0.3, 0.4) is 0 Å². The molecule has 36 heavy (non-hydrogen) atoms. The van der Waals surface area contributed by atoms with Gasteiger partial charge in [0.15, 0.2) is 11.5 Å². The largest absolute Gasteiger partial charge is 0.493 e. The number of unbranched alkanes of at least 4 members (excludes halogenated alkanes) is 1. The minimum atomic E-state index is -0.195. The third-order valence-corrected chi connectivity index (χ3v) is 6.11. The van der Waals surface area contributed by atoms with Gasteiger partial charge in [-0.05, 0) is 72.6 Å². The zero-order valence-electron chi connectivity index (χ0n) is 21.8.